The molecule has 5 heteroatoms. The molecule has 2 heterocycles. The molecule has 3 aliphatic rings. The molecule has 136 valence electrons. The van der Waals surface area contributed by atoms with E-state index in [-0.39, 0.29) is 11.6 Å². The van der Waals surface area contributed by atoms with Crippen LogP contribution < -0.4 is 0 Å². The van der Waals surface area contributed by atoms with E-state index < -0.39 is 0 Å². The van der Waals surface area contributed by atoms with Crippen molar-refractivity contribution >= 4 is 17.5 Å². The fraction of sp³-hybridized carbons (Fsp3) is 0.650. The highest BCUT2D eigenvalue weighted by molar-refractivity contribution is 6.30. The van der Waals surface area contributed by atoms with Gasteiger partial charge in [-0.15, -0.1) is 0 Å². The van der Waals surface area contributed by atoms with Gasteiger partial charge in [0.2, 0.25) is 5.91 Å². The Balaban J connectivity index is 1.48. The highest BCUT2D eigenvalue weighted by Crippen LogP contribution is 2.41. The number of hydrogen-bond donors (Lipinski definition) is 1. The van der Waals surface area contributed by atoms with Crippen molar-refractivity contribution in [1.29, 1.82) is 0 Å². The van der Waals surface area contributed by atoms with Crippen molar-refractivity contribution in [3.63, 3.8) is 0 Å². The molecular formula is C20H27ClN2O2. The number of amides is 1. The lowest BCUT2D eigenvalue weighted by atomic mass is 9.91. The standard InChI is InChI=1S/C20H27ClN2O2/c21-16-4-2-15(3-5-16)14-22-12-1-10-20(22)11-13-23(19(20)25)17-6-8-18(24)9-7-17/h2-5,17-18,24H,1,6-14H2/t17-,18-,20?. The van der Waals surface area contributed by atoms with Crippen LogP contribution in [0.1, 0.15) is 50.5 Å². The summed E-state index contributed by atoms with van der Waals surface area (Å²) in [6, 6.07) is 8.31. The molecule has 4 rings (SSSR count). The predicted molar refractivity (Wildman–Crippen MR) is 98.4 cm³/mol. The zero-order chi connectivity index (χ0) is 17.4. The molecule has 1 amide bonds. The first-order valence-electron chi connectivity index (χ1n) is 9.57. The second kappa shape index (κ2) is 6.90. The van der Waals surface area contributed by atoms with Gasteiger partial charge in [-0.05, 0) is 69.2 Å². The van der Waals surface area contributed by atoms with Gasteiger partial charge in [0.15, 0.2) is 0 Å². The van der Waals surface area contributed by atoms with Gasteiger partial charge in [0.25, 0.3) is 0 Å². The van der Waals surface area contributed by atoms with E-state index in [9.17, 15) is 9.90 Å². The van der Waals surface area contributed by atoms with E-state index in [2.05, 4.69) is 21.9 Å². The Morgan fingerprint density at radius 3 is 2.52 bits per heavy atom. The quantitative estimate of drug-likeness (QED) is 0.897. The summed E-state index contributed by atoms with van der Waals surface area (Å²) in [5.74, 6) is 0.334. The average Bonchev–Trinajstić information content (AvgIpc) is 3.16. The van der Waals surface area contributed by atoms with Crippen molar-refractivity contribution < 1.29 is 9.90 Å². The molecule has 1 unspecified atom stereocenters. The fourth-order valence-corrected chi connectivity index (χ4v) is 5.13. The van der Waals surface area contributed by atoms with E-state index in [1.54, 1.807) is 0 Å². The first-order valence-corrected chi connectivity index (χ1v) is 9.95. The number of aliphatic hydroxyl groups is 1. The first kappa shape index (κ1) is 17.3. The first-order chi connectivity index (χ1) is 12.1. The number of aliphatic hydroxyl groups excluding tert-OH is 1. The number of likely N-dealkylation sites (tertiary alicyclic amines) is 2. The summed E-state index contributed by atoms with van der Waals surface area (Å²) < 4.78 is 0. The summed E-state index contributed by atoms with van der Waals surface area (Å²) in [4.78, 5) is 17.9. The normalized spacial score (nSPS) is 33.5. The van der Waals surface area contributed by atoms with Crippen molar-refractivity contribution in [2.24, 2.45) is 0 Å². The van der Waals surface area contributed by atoms with Crippen LogP contribution in [0.3, 0.4) is 0 Å². The third-order valence-electron chi connectivity index (χ3n) is 6.44. The Morgan fingerprint density at radius 1 is 1.08 bits per heavy atom. The van der Waals surface area contributed by atoms with Crippen molar-refractivity contribution in [1.82, 2.24) is 9.80 Å². The van der Waals surface area contributed by atoms with Crippen LogP contribution in [0, 0.1) is 0 Å². The summed E-state index contributed by atoms with van der Waals surface area (Å²) in [6.45, 7) is 2.68. The summed E-state index contributed by atoms with van der Waals surface area (Å²) in [5.41, 5.74) is 0.924. The zero-order valence-electron chi connectivity index (χ0n) is 14.7. The smallest absolute Gasteiger partial charge is 0.243 e. The Labute approximate surface area is 154 Å². The molecule has 0 aromatic heterocycles. The fourth-order valence-electron chi connectivity index (χ4n) is 5.00. The molecule has 25 heavy (non-hydrogen) atoms. The number of halogens is 1. The molecule has 1 spiro atoms. The van der Waals surface area contributed by atoms with Crippen molar-refractivity contribution in [2.75, 3.05) is 13.1 Å². The van der Waals surface area contributed by atoms with Gasteiger partial charge in [-0.1, -0.05) is 23.7 Å². The van der Waals surface area contributed by atoms with Crippen LogP contribution in [-0.2, 0) is 11.3 Å². The van der Waals surface area contributed by atoms with Gasteiger partial charge < -0.3 is 10.0 Å². The summed E-state index contributed by atoms with van der Waals surface area (Å²) >= 11 is 6.00. The van der Waals surface area contributed by atoms with Crippen LogP contribution in [-0.4, -0.2) is 51.6 Å². The molecular weight excluding hydrogens is 336 g/mol. The third kappa shape index (κ3) is 3.20. The molecule has 0 bridgehead atoms. The Hall–Kier alpha value is -1.10. The van der Waals surface area contributed by atoms with Crippen molar-refractivity contribution in [3.05, 3.63) is 34.9 Å². The maximum atomic E-state index is 13.4. The highest BCUT2D eigenvalue weighted by atomic mass is 35.5. The van der Waals surface area contributed by atoms with Gasteiger partial charge in [0.05, 0.1) is 6.10 Å². The third-order valence-corrected chi connectivity index (χ3v) is 6.69. The monoisotopic (exact) mass is 362 g/mol. The molecule has 1 aromatic rings. The van der Waals surface area contributed by atoms with E-state index in [4.69, 9.17) is 11.6 Å². The van der Waals surface area contributed by atoms with Gasteiger partial charge in [-0.2, -0.15) is 0 Å². The van der Waals surface area contributed by atoms with Crippen LogP contribution in [0.2, 0.25) is 5.02 Å². The molecule has 1 atom stereocenters. The van der Waals surface area contributed by atoms with Crippen molar-refractivity contribution in [2.45, 2.75) is 69.2 Å². The topological polar surface area (TPSA) is 43.8 Å². The lowest BCUT2D eigenvalue weighted by Gasteiger charge is -2.37. The summed E-state index contributed by atoms with van der Waals surface area (Å²) in [6.07, 6.45) is 6.39. The lowest BCUT2D eigenvalue weighted by molar-refractivity contribution is -0.139. The van der Waals surface area contributed by atoms with Gasteiger partial charge >= 0.3 is 0 Å². The van der Waals surface area contributed by atoms with Gasteiger partial charge in [-0.3, -0.25) is 9.69 Å². The predicted octanol–water partition coefficient (Wildman–Crippen LogP) is 3.21. The van der Waals surface area contributed by atoms with Gasteiger partial charge in [0, 0.05) is 24.2 Å². The Kier molecular flexibility index (Phi) is 4.78. The molecule has 1 N–H and O–H groups in total. The summed E-state index contributed by atoms with van der Waals surface area (Å²) in [5, 5.41) is 10.5. The van der Waals surface area contributed by atoms with Crippen LogP contribution in [0.5, 0.6) is 0 Å². The molecule has 4 nitrogen and oxygen atoms in total. The second-order valence-electron chi connectivity index (χ2n) is 7.89. The highest BCUT2D eigenvalue weighted by Gasteiger charge is 2.54. The Morgan fingerprint density at radius 2 is 1.80 bits per heavy atom. The lowest BCUT2D eigenvalue weighted by Crippen LogP contribution is -2.52. The largest absolute Gasteiger partial charge is 0.393 e. The van der Waals surface area contributed by atoms with E-state index in [1.807, 2.05) is 12.1 Å². The van der Waals surface area contributed by atoms with E-state index >= 15 is 0 Å². The molecule has 1 aromatic carbocycles. The second-order valence-corrected chi connectivity index (χ2v) is 8.33. The molecule has 1 aliphatic carbocycles. The molecule has 1 saturated carbocycles. The van der Waals surface area contributed by atoms with E-state index in [1.165, 1.54) is 5.56 Å². The van der Waals surface area contributed by atoms with Crippen LogP contribution in [0.4, 0.5) is 0 Å². The van der Waals surface area contributed by atoms with Gasteiger partial charge in [-0.25, -0.2) is 0 Å². The minimum atomic E-state index is -0.296. The maximum absolute atomic E-state index is 13.4. The van der Waals surface area contributed by atoms with Crippen LogP contribution >= 0.6 is 11.6 Å². The number of benzene rings is 1. The number of carbonyl (C=O) groups is 1. The molecule has 3 fully saturated rings. The minimum absolute atomic E-state index is 0.171. The van der Waals surface area contributed by atoms with Crippen LogP contribution in [0.15, 0.2) is 24.3 Å². The molecule has 0 radical (unpaired) electrons. The molecule has 2 saturated heterocycles. The number of rotatable bonds is 3. The number of hydrogen-bond acceptors (Lipinski definition) is 3. The van der Waals surface area contributed by atoms with Gasteiger partial charge in [0.1, 0.15) is 5.54 Å². The van der Waals surface area contributed by atoms with E-state index in [0.717, 1.165) is 69.6 Å². The number of nitrogens with zero attached hydrogens (tertiary/aromatic N) is 2. The molecule has 2 aliphatic heterocycles. The van der Waals surface area contributed by atoms with Crippen LogP contribution in [0.25, 0.3) is 0 Å². The maximum Gasteiger partial charge on any atom is 0.243 e. The van der Waals surface area contributed by atoms with Crippen molar-refractivity contribution in [3.8, 4) is 0 Å². The average molecular weight is 363 g/mol. The SMILES string of the molecule is O=C1N([C@H]2CC[C@H](O)CC2)CCC12CCCN2Cc1ccc(Cl)cc1. The number of carbonyl (C=O) groups excluding carboxylic acids is 1. The van der Waals surface area contributed by atoms with E-state index in [0.29, 0.717) is 11.9 Å². The Bertz CT molecular complexity index is 627. The minimum Gasteiger partial charge on any atom is -0.393 e. The summed E-state index contributed by atoms with van der Waals surface area (Å²) in [7, 11) is 0. The zero-order valence-corrected chi connectivity index (χ0v) is 15.4.